The fourth-order valence-electron chi connectivity index (χ4n) is 0.764. The molecule has 0 heterocycles. The van der Waals surface area contributed by atoms with Crippen LogP contribution in [0.2, 0.25) is 0 Å². The first kappa shape index (κ1) is 10.7. The Hall–Kier alpha value is -0.310. The van der Waals surface area contributed by atoms with E-state index in [1.54, 1.807) is 25.3 Å². The fourth-order valence-corrected chi connectivity index (χ4v) is 0.764. The molecule has 1 rings (SSSR count). The fraction of sp³-hybridized carbons (Fsp3) is 0.125. The number of para-hydroxylation sites is 1. The first-order valence-electron chi connectivity index (χ1n) is 2.96. The van der Waals surface area contributed by atoms with E-state index in [0.29, 0.717) is 11.3 Å². The van der Waals surface area contributed by atoms with Crippen LogP contribution >= 0.6 is 0 Å². The van der Waals surface area contributed by atoms with Gasteiger partial charge >= 0.3 is 29.6 Å². The number of carbonyl (C=O) groups is 1. The average Bonchev–Trinajstić information content (AvgIpc) is 2.04. The van der Waals surface area contributed by atoms with Crippen LogP contribution in [0, 0.1) is 0 Å². The molecule has 0 aromatic heterocycles. The van der Waals surface area contributed by atoms with Gasteiger partial charge < -0.3 is 4.74 Å². The van der Waals surface area contributed by atoms with Crippen molar-refractivity contribution in [3.8, 4) is 5.75 Å². The molecule has 1 aromatic carbocycles. The molecule has 0 unspecified atom stereocenters. The Bertz CT molecular complexity index is 235. The molecule has 2 nitrogen and oxygen atoms in total. The molecule has 0 saturated heterocycles. The SMILES string of the molecule is COc1ccccc1C=O.[NaH]. The van der Waals surface area contributed by atoms with E-state index in [0.717, 1.165) is 6.29 Å². The molecular formula is C8H9NaO2. The van der Waals surface area contributed by atoms with Gasteiger partial charge in [0, 0.05) is 0 Å². The van der Waals surface area contributed by atoms with Gasteiger partial charge in [0.15, 0.2) is 6.29 Å². The summed E-state index contributed by atoms with van der Waals surface area (Å²) in [5.74, 6) is 0.623. The van der Waals surface area contributed by atoms with Crippen molar-refractivity contribution in [3.05, 3.63) is 29.8 Å². The Balaban J connectivity index is 0.000001000. The van der Waals surface area contributed by atoms with Gasteiger partial charge in [-0.25, -0.2) is 0 Å². The second-order valence-corrected chi connectivity index (χ2v) is 1.86. The Kier molecular flexibility index (Phi) is 5.20. The van der Waals surface area contributed by atoms with Crippen LogP contribution < -0.4 is 4.74 Å². The Labute approximate surface area is 87.8 Å². The van der Waals surface area contributed by atoms with Crippen molar-refractivity contribution in [2.24, 2.45) is 0 Å². The number of carbonyl (C=O) groups excluding carboxylic acids is 1. The predicted octanol–water partition coefficient (Wildman–Crippen LogP) is 0.859. The molecule has 0 radical (unpaired) electrons. The molecule has 1 aromatic rings. The third kappa shape index (κ3) is 2.66. The van der Waals surface area contributed by atoms with Crippen molar-refractivity contribution < 1.29 is 9.53 Å². The van der Waals surface area contributed by atoms with E-state index < -0.39 is 0 Å². The minimum atomic E-state index is 0. The Morgan fingerprint density at radius 2 is 2.00 bits per heavy atom. The standard InChI is InChI=1S/C8H8O2.Na.H/c1-10-8-5-3-2-4-7(8)6-9;;/h2-6H,1H3;;. The van der Waals surface area contributed by atoms with Crippen molar-refractivity contribution >= 4 is 35.8 Å². The molecule has 0 bridgehead atoms. The molecule has 0 aliphatic rings. The number of ether oxygens (including phenoxy) is 1. The van der Waals surface area contributed by atoms with Crippen molar-refractivity contribution in [2.75, 3.05) is 7.11 Å². The topological polar surface area (TPSA) is 26.3 Å². The van der Waals surface area contributed by atoms with Gasteiger partial charge in [-0.2, -0.15) is 0 Å². The molecule has 0 N–H and O–H groups in total. The first-order valence-corrected chi connectivity index (χ1v) is 2.96. The van der Waals surface area contributed by atoms with E-state index in [1.807, 2.05) is 6.07 Å². The number of methoxy groups -OCH3 is 1. The molecule has 0 saturated carbocycles. The van der Waals surface area contributed by atoms with E-state index in [4.69, 9.17) is 4.74 Å². The number of hydrogen-bond donors (Lipinski definition) is 0. The summed E-state index contributed by atoms with van der Waals surface area (Å²) in [6.45, 7) is 0. The van der Waals surface area contributed by atoms with Crippen LogP contribution in [0.1, 0.15) is 10.4 Å². The second kappa shape index (κ2) is 5.35. The Morgan fingerprint density at radius 1 is 1.36 bits per heavy atom. The number of rotatable bonds is 2. The van der Waals surface area contributed by atoms with Crippen LogP contribution in [0.3, 0.4) is 0 Å². The Morgan fingerprint density at radius 3 is 2.45 bits per heavy atom. The summed E-state index contributed by atoms with van der Waals surface area (Å²) in [6.07, 6.45) is 0.777. The second-order valence-electron chi connectivity index (χ2n) is 1.86. The van der Waals surface area contributed by atoms with Gasteiger partial charge in [-0.1, -0.05) is 12.1 Å². The summed E-state index contributed by atoms with van der Waals surface area (Å²) in [6, 6.07) is 7.09. The zero-order valence-corrected chi connectivity index (χ0v) is 5.70. The molecular weight excluding hydrogens is 151 g/mol. The summed E-state index contributed by atoms with van der Waals surface area (Å²) in [5.41, 5.74) is 0.588. The van der Waals surface area contributed by atoms with Gasteiger partial charge in [-0.3, -0.25) is 4.79 Å². The molecule has 0 atom stereocenters. The maximum atomic E-state index is 10.3. The average molecular weight is 160 g/mol. The molecule has 0 aliphatic heterocycles. The van der Waals surface area contributed by atoms with Crippen LogP contribution in [-0.4, -0.2) is 43.0 Å². The third-order valence-corrected chi connectivity index (χ3v) is 1.27. The van der Waals surface area contributed by atoms with Gasteiger partial charge in [-0.15, -0.1) is 0 Å². The van der Waals surface area contributed by atoms with E-state index in [9.17, 15) is 4.79 Å². The zero-order valence-electron chi connectivity index (χ0n) is 5.70. The van der Waals surface area contributed by atoms with E-state index in [2.05, 4.69) is 0 Å². The van der Waals surface area contributed by atoms with Crippen molar-refractivity contribution in [1.29, 1.82) is 0 Å². The number of hydrogen-bond acceptors (Lipinski definition) is 2. The van der Waals surface area contributed by atoms with Crippen molar-refractivity contribution in [2.45, 2.75) is 0 Å². The van der Waals surface area contributed by atoms with Gasteiger partial charge in [0.25, 0.3) is 0 Å². The van der Waals surface area contributed by atoms with Crippen LogP contribution in [0.4, 0.5) is 0 Å². The summed E-state index contributed by atoms with van der Waals surface area (Å²) >= 11 is 0. The summed E-state index contributed by atoms with van der Waals surface area (Å²) < 4.78 is 4.90. The summed E-state index contributed by atoms with van der Waals surface area (Å²) in [4.78, 5) is 10.3. The van der Waals surface area contributed by atoms with Crippen LogP contribution in [-0.2, 0) is 0 Å². The van der Waals surface area contributed by atoms with Crippen molar-refractivity contribution in [3.63, 3.8) is 0 Å². The van der Waals surface area contributed by atoms with E-state index in [1.165, 1.54) is 0 Å². The van der Waals surface area contributed by atoms with E-state index >= 15 is 0 Å². The molecule has 0 spiro atoms. The third-order valence-electron chi connectivity index (χ3n) is 1.27. The predicted molar refractivity (Wildman–Crippen MR) is 45.5 cm³/mol. The molecule has 0 fully saturated rings. The van der Waals surface area contributed by atoms with Crippen LogP contribution in [0.15, 0.2) is 24.3 Å². The first-order chi connectivity index (χ1) is 4.88. The van der Waals surface area contributed by atoms with Gasteiger partial charge in [0.05, 0.1) is 12.7 Å². The molecule has 54 valence electrons. The van der Waals surface area contributed by atoms with Crippen molar-refractivity contribution in [1.82, 2.24) is 0 Å². The maximum absolute atomic E-state index is 10.3. The monoisotopic (exact) mass is 160 g/mol. The van der Waals surface area contributed by atoms with E-state index in [-0.39, 0.29) is 29.6 Å². The number of aldehydes is 1. The normalized spacial score (nSPS) is 8.09. The van der Waals surface area contributed by atoms with Gasteiger partial charge in [-0.05, 0) is 12.1 Å². The molecule has 11 heavy (non-hydrogen) atoms. The number of benzene rings is 1. The molecule has 0 amide bonds. The molecule has 3 heteroatoms. The summed E-state index contributed by atoms with van der Waals surface area (Å²) in [5, 5.41) is 0. The molecule has 0 aliphatic carbocycles. The van der Waals surface area contributed by atoms with Gasteiger partial charge in [0.1, 0.15) is 5.75 Å². The van der Waals surface area contributed by atoms with Gasteiger partial charge in [0.2, 0.25) is 0 Å². The minimum absolute atomic E-state index is 0. The summed E-state index contributed by atoms with van der Waals surface area (Å²) in [7, 11) is 1.54. The van der Waals surface area contributed by atoms with Crippen LogP contribution in [0.5, 0.6) is 5.75 Å². The van der Waals surface area contributed by atoms with Crippen LogP contribution in [0.25, 0.3) is 0 Å². The quantitative estimate of drug-likeness (QED) is 0.473. The zero-order chi connectivity index (χ0) is 7.40.